The summed E-state index contributed by atoms with van der Waals surface area (Å²) in [7, 11) is 0. The molecule has 278 valence electrons. The van der Waals surface area contributed by atoms with E-state index in [0.717, 1.165) is 45.1 Å². The molecule has 2 N–H and O–H groups in total. The van der Waals surface area contributed by atoms with Gasteiger partial charge in [0.2, 0.25) is 0 Å². The van der Waals surface area contributed by atoms with Crippen LogP contribution < -0.4 is 9.64 Å². The molecule has 11 nitrogen and oxygen atoms in total. The van der Waals surface area contributed by atoms with Crippen LogP contribution in [-0.2, 0) is 14.2 Å². The van der Waals surface area contributed by atoms with Crippen LogP contribution in [0.15, 0.2) is 30.5 Å². The molecule has 9 rings (SSSR count). The summed E-state index contributed by atoms with van der Waals surface area (Å²) in [5.74, 6) is 1.13. The number of aromatic nitrogens is 3. The first-order valence-electron chi connectivity index (χ1n) is 18.5. The van der Waals surface area contributed by atoms with E-state index in [9.17, 15) is 14.6 Å². The number of anilines is 1. The van der Waals surface area contributed by atoms with Crippen LogP contribution in [0.3, 0.4) is 0 Å². The van der Waals surface area contributed by atoms with Gasteiger partial charge in [-0.25, -0.2) is 8.78 Å². The van der Waals surface area contributed by atoms with Crippen LogP contribution in [0.25, 0.3) is 32.9 Å². The minimum absolute atomic E-state index is 0.0106. The van der Waals surface area contributed by atoms with Gasteiger partial charge >= 0.3 is 6.01 Å². The first-order valence-corrected chi connectivity index (χ1v) is 18.5. The Morgan fingerprint density at radius 3 is 2.74 bits per heavy atom. The van der Waals surface area contributed by atoms with E-state index in [-0.39, 0.29) is 63.7 Å². The topological polar surface area (TPSA) is 123 Å². The highest BCUT2D eigenvalue weighted by atomic mass is 19.1. The molecule has 4 aromatic rings. The summed E-state index contributed by atoms with van der Waals surface area (Å²) in [4.78, 5) is 18.5. The number of aromatic hydroxyl groups is 1. The molecule has 13 heteroatoms. The molecular weight excluding hydrogens is 684 g/mol. The fourth-order valence-corrected chi connectivity index (χ4v) is 9.60. The van der Waals surface area contributed by atoms with Crippen molar-refractivity contribution in [3.05, 3.63) is 47.7 Å². The highest BCUT2D eigenvalue weighted by Gasteiger charge is 2.54. The lowest BCUT2D eigenvalue weighted by Gasteiger charge is -2.48. The number of fused-ring (bicyclic) bond motifs is 3. The smallest absolute Gasteiger partial charge is 0.319 e. The Labute approximate surface area is 306 Å². The summed E-state index contributed by atoms with van der Waals surface area (Å²) in [5, 5.41) is 22.7. The fourth-order valence-electron chi connectivity index (χ4n) is 9.60. The molecule has 1 aliphatic carbocycles. The summed E-state index contributed by atoms with van der Waals surface area (Å²) in [6.45, 7) is 6.09. The van der Waals surface area contributed by atoms with Crippen molar-refractivity contribution >= 4 is 27.5 Å². The molecule has 5 aliphatic rings. The third-order valence-corrected chi connectivity index (χ3v) is 12.1. The van der Waals surface area contributed by atoms with E-state index in [0.29, 0.717) is 68.3 Å². The van der Waals surface area contributed by atoms with E-state index in [2.05, 4.69) is 20.8 Å². The number of terminal acetylenes is 1. The Balaban J connectivity index is 1.12. The maximum Gasteiger partial charge on any atom is 0.319 e. The van der Waals surface area contributed by atoms with Gasteiger partial charge in [0.25, 0.3) is 0 Å². The van der Waals surface area contributed by atoms with Crippen LogP contribution in [0, 0.1) is 29.4 Å². The number of nitrogens with zero attached hydrogens (tertiary/aromatic N) is 5. The van der Waals surface area contributed by atoms with E-state index >= 15 is 4.39 Å². The van der Waals surface area contributed by atoms with Crippen molar-refractivity contribution in [1.29, 1.82) is 0 Å². The third kappa shape index (κ3) is 5.95. The molecule has 6 heterocycles. The summed E-state index contributed by atoms with van der Waals surface area (Å²) in [5.41, 5.74) is -1.62. The lowest BCUT2D eigenvalue weighted by molar-refractivity contribution is -0.184. The number of benzene rings is 2. The number of rotatable bonds is 6. The maximum atomic E-state index is 17.1. The number of phenolic OH excluding ortho intramolecular Hbond substituents is 1. The van der Waals surface area contributed by atoms with Gasteiger partial charge in [0.1, 0.15) is 39.8 Å². The van der Waals surface area contributed by atoms with Crippen molar-refractivity contribution in [2.75, 3.05) is 64.2 Å². The number of pyridine rings is 1. The Kier molecular flexibility index (Phi) is 8.47. The SMILES string of the molecule is C#Cc1c(F)ccc2cc(O)cc(-c3ncc4c(N5CCOC[C@@](C)(O)C5)nc(OC[C@]56CCC[C@H]5N(C5COC7(COC7)C5)CCC6)nc4c3F)c12. The third-order valence-electron chi connectivity index (χ3n) is 12.1. The first-order chi connectivity index (χ1) is 25.6. The summed E-state index contributed by atoms with van der Waals surface area (Å²) in [6.07, 6.45) is 13.4. The largest absolute Gasteiger partial charge is 0.508 e. The van der Waals surface area contributed by atoms with E-state index in [1.165, 1.54) is 30.5 Å². The van der Waals surface area contributed by atoms with Crippen molar-refractivity contribution in [3.8, 4) is 35.4 Å². The average Bonchev–Trinajstić information content (AvgIpc) is 3.74. The molecular formula is C40H43F2N5O6. The molecule has 53 heavy (non-hydrogen) atoms. The number of hydrogen-bond acceptors (Lipinski definition) is 11. The van der Waals surface area contributed by atoms with Crippen LogP contribution in [0.4, 0.5) is 14.6 Å². The lowest BCUT2D eigenvalue weighted by atomic mass is 9.74. The average molecular weight is 728 g/mol. The van der Waals surface area contributed by atoms with Crippen LogP contribution in [0.1, 0.15) is 51.0 Å². The predicted molar refractivity (Wildman–Crippen MR) is 193 cm³/mol. The molecule has 1 unspecified atom stereocenters. The lowest BCUT2D eigenvalue weighted by Crippen LogP contribution is -2.56. The van der Waals surface area contributed by atoms with Gasteiger partial charge in [-0.15, -0.1) is 6.42 Å². The summed E-state index contributed by atoms with van der Waals surface area (Å²) < 4.78 is 56.1. The van der Waals surface area contributed by atoms with Crippen molar-refractivity contribution in [3.63, 3.8) is 0 Å². The second-order valence-electron chi connectivity index (χ2n) is 15.9. The first kappa shape index (κ1) is 34.6. The van der Waals surface area contributed by atoms with Crippen LogP contribution in [-0.4, -0.2) is 113 Å². The highest BCUT2D eigenvalue weighted by Crippen LogP contribution is 2.50. The number of aliphatic hydroxyl groups is 1. The Hall–Kier alpha value is -4.19. The minimum Gasteiger partial charge on any atom is -0.508 e. The van der Waals surface area contributed by atoms with E-state index in [1.807, 2.05) is 4.90 Å². The van der Waals surface area contributed by atoms with Gasteiger partial charge in [0.15, 0.2) is 5.82 Å². The molecule has 4 saturated heterocycles. The highest BCUT2D eigenvalue weighted by molar-refractivity contribution is 6.03. The molecule has 0 bridgehead atoms. The second-order valence-corrected chi connectivity index (χ2v) is 15.9. The molecule has 0 amide bonds. The van der Waals surface area contributed by atoms with Crippen molar-refractivity contribution in [1.82, 2.24) is 19.9 Å². The standard InChI is InChI=1S/C40H43F2N5O6/c1-3-27-30(41)8-7-24-14-26(48)15-28(32(24)27)34-33(42)35-29(17-43-34)36(46-12-13-50-20-38(2,49)19-46)45-37(44-35)52-21-39-9-4-6-31(39)47(11-5-10-39)25-16-40(53-18-25)22-51-23-40/h1,7-8,14-15,17,25,31,48-49H,4-6,9-13,16,18-23H2,2H3/t25?,31-,38+,39-/m1/s1. The van der Waals surface area contributed by atoms with Gasteiger partial charge in [-0.2, -0.15) is 9.97 Å². The number of halogens is 2. The van der Waals surface area contributed by atoms with Crippen molar-refractivity contribution < 1.29 is 37.9 Å². The zero-order valence-electron chi connectivity index (χ0n) is 29.7. The number of hydrogen-bond donors (Lipinski definition) is 2. The van der Waals surface area contributed by atoms with Gasteiger partial charge in [0, 0.05) is 41.2 Å². The van der Waals surface area contributed by atoms with Gasteiger partial charge in [-0.05, 0) is 69.2 Å². The predicted octanol–water partition coefficient (Wildman–Crippen LogP) is 4.97. The minimum atomic E-state index is -1.20. The zero-order chi connectivity index (χ0) is 36.5. The van der Waals surface area contributed by atoms with E-state index in [4.69, 9.17) is 30.4 Å². The molecule has 5 fully saturated rings. The summed E-state index contributed by atoms with van der Waals surface area (Å²) >= 11 is 0. The Bertz CT molecular complexity index is 2140. The summed E-state index contributed by atoms with van der Waals surface area (Å²) in [6, 6.07) is 6.13. The molecule has 4 aliphatic heterocycles. The van der Waals surface area contributed by atoms with Gasteiger partial charge in [-0.1, -0.05) is 18.4 Å². The maximum absolute atomic E-state index is 17.1. The molecule has 0 radical (unpaired) electrons. The molecule has 2 aromatic carbocycles. The van der Waals surface area contributed by atoms with E-state index in [1.54, 1.807) is 6.92 Å². The van der Waals surface area contributed by atoms with Gasteiger partial charge < -0.3 is 34.1 Å². The van der Waals surface area contributed by atoms with Crippen molar-refractivity contribution in [2.24, 2.45) is 5.41 Å². The van der Waals surface area contributed by atoms with Crippen molar-refractivity contribution in [2.45, 2.75) is 68.7 Å². The molecule has 2 aromatic heterocycles. The Morgan fingerprint density at radius 1 is 1.09 bits per heavy atom. The quantitative estimate of drug-likeness (QED) is 0.262. The zero-order valence-corrected chi connectivity index (χ0v) is 29.7. The van der Waals surface area contributed by atoms with E-state index < -0.39 is 17.2 Å². The number of piperidine rings is 1. The molecule has 1 spiro atoms. The number of likely N-dealkylation sites (tertiary alicyclic amines) is 1. The Morgan fingerprint density at radius 2 is 1.94 bits per heavy atom. The monoisotopic (exact) mass is 727 g/mol. The fraction of sp³-hybridized carbons (Fsp3) is 0.525. The number of ether oxygens (including phenoxy) is 4. The van der Waals surface area contributed by atoms with Gasteiger partial charge in [0.05, 0.1) is 57.1 Å². The number of phenols is 1. The second kappa shape index (κ2) is 13.0. The van der Waals surface area contributed by atoms with Crippen LogP contribution in [0.5, 0.6) is 11.8 Å². The number of β-amino-alcohol motifs (C(OH)–C–C–N with tert-alkyl or cyclic N) is 1. The van der Waals surface area contributed by atoms with Crippen LogP contribution in [0.2, 0.25) is 0 Å². The molecule has 4 atom stereocenters. The van der Waals surface area contributed by atoms with Crippen LogP contribution >= 0.6 is 0 Å². The van der Waals surface area contributed by atoms with Gasteiger partial charge in [-0.3, -0.25) is 9.88 Å². The molecule has 1 saturated carbocycles. The normalized spacial score (nSPS) is 28.5.